The molecule has 0 fully saturated rings. The molecular formula is C41H46ClN2O+. The predicted molar refractivity (Wildman–Crippen MR) is 190 cm³/mol. The Balaban J connectivity index is 1.35. The van der Waals surface area contributed by atoms with E-state index in [-0.39, 0.29) is 10.8 Å². The Hall–Kier alpha value is -3.66. The Morgan fingerprint density at radius 1 is 0.844 bits per heavy atom. The second-order valence-electron chi connectivity index (χ2n) is 13.7. The fourth-order valence-corrected chi connectivity index (χ4v) is 7.63. The minimum Gasteiger partial charge on any atom is -0.383 e. The SMILES string of the molecule is COCCN1C(=CC=C2CCCC(C=CC3=[N+](Cc4ccc(C)cc4)c4ccccc4C3(C)C)=C2Cl)C(C)(C)c2ccccc21. The Kier molecular flexibility index (Phi) is 8.78. The van der Waals surface area contributed by atoms with Gasteiger partial charge in [0, 0.05) is 58.8 Å². The fraction of sp³-hybridized carbons (Fsp3) is 0.341. The molecule has 0 atom stereocenters. The Morgan fingerprint density at radius 3 is 2.31 bits per heavy atom. The van der Waals surface area contributed by atoms with E-state index in [1.807, 2.05) is 0 Å². The van der Waals surface area contributed by atoms with Crippen molar-refractivity contribution in [2.75, 3.05) is 25.2 Å². The van der Waals surface area contributed by atoms with Gasteiger partial charge >= 0.3 is 0 Å². The van der Waals surface area contributed by atoms with Crippen molar-refractivity contribution < 1.29 is 9.31 Å². The highest BCUT2D eigenvalue weighted by Crippen LogP contribution is 2.48. The number of fused-ring (bicyclic) bond motifs is 2. The topological polar surface area (TPSA) is 15.5 Å². The maximum absolute atomic E-state index is 7.22. The van der Waals surface area contributed by atoms with E-state index >= 15 is 0 Å². The molecule has 0 bridgehead atoms. The molecule has 0 amide bonds. The number of aryl methyl sites for hydroxylation is 1. The molecule has 0 saturated heterocycles. The largest absolute Gasteiger partial charge is 0.383 e. The summed E-state index contributed by atoms with van der Waals surface area (Å²) in [5, 5.41) is 0.894. The molecule has 1 aliphatic carbocycles. The minimum absolute atomic E-state index is 0.102. The van der Waals surface area contributed by atoms with E-state index < -0.39 is 0 Å². The Bertz CT molecular complexity index is 1750. The van der Waals surface area contributed by atoms with E-state index in [0.717, 1.165) is 37.4 Å². The molecule has 232 valence electrons. The molecule has 2 aliphatic heterocycles. The molecule has 0 N–H and O–H groups in total. The van der Waals surface area contributed by atoms with Crippen molar-refractivity contribution in [3.05, 3.63) is 141 Å². The van der Waals surface area contributed by atoms with Crippen LogP contribution in [0, 0.1) is 6.92 Å². The third-order valence-electron chi connectivity index (χ3n) is 9.92. The lowest BCUT2D eigenvalue weighted by molar-refractivity contribution is -0.455. The molecular weight excluding hydrogens is 572 g/mol. The van der Waals surface area contributed by atoms with Gasteiger partial charge < -0.3 is 9.64 Å². The summed E-state index contributed by atoms with van der Waals surface area (Å²) >= 11 is 7.22. The molecule has 0 saturated carbocycles. The average Bonchev–Trinajstić information content (AvgIpc) is 3.38. The number of benzene rings is 3. The highest BCUT2D eigenvalue weighted by Gasteiger charge is 2.44. The van der Waals surface area contributed by atoms with Gasteiger partial charge in [0.1, 0.15) is 0 Å². The number of hydrogen-bond acceptors (Lipinski definition) is 2. The van der Waals surface area contributed by atoms with E-state index in [4.69, 9.17) is 16.3 Å². The summed E-state index contributed by atoms with van der Waals surface area (Å²) in [6, 6.07) is 26.5. The van der Waals surface area contributed by atoms with Gasteiger partial charge in [-0.05, 0) is 68.9 Å². The zero-order valence-electron chi connectivity index (χ0n) is 27.7. The third-order valence-corrected chi connectivity index (χ3v) is 10.4. The minimum atomic E-state index is -0.114. The molecule has 3 nitrogen and oxygen atoms in total. The van der Waals surface area contributed by atoms with E-state index in [9.17, 15) is 0 Å². The maximum Gasteiger partial charge on any atom is 0.210 e. The number of ether oxygens (including phenoxy) is 1. The monoisotopic (exact) mass is 617 g/mol. The molecule has 2 heterocycles. The van der Waals surface area contributed by atoms with E-state index in [1.165, 1.54) is 56.2 Å². The Morgan fingerprint density at radius 2 is 1.56 bits per heavy atom. The van der Waals surface area contributed by atoms with Gasteiger partial charge in [-0.25, -0.2) is 0 Å². The molecule has 6 rings (SSSR count). The Labute approximate surface area is 274 Å². The van der Waals surface area contributed by atoms with Crippen LogP contribution in [0.4, 0.5) is 11.4 Å². The molecule has 0 spiro atoms. The van der Waals surface area contributed by atoms with Crippen molar-refractivity contribution >= 4 is 28.7 Å². The number of nitrogens with zero attached hydrogens (tertiary/aromatic N) is 2. The van der Waals surface area contributed by atoms with Gasteiger partial charge in [-0.3, -0.25) is 0 Å². The second kappa shape index (κ2) is 12.6. The number of halogens is 1. The fourth-order valence-electron chi connectivity index (χ4n) is 7.32. The van der Waals surface area contributed by atoms with Crippen molar-refractivity contribution in [3.8, 4) is 0 Å². The van der Waals surface area contributed by atoms with Crippen molar-refractivity contribution in [1.82, 2.24) is 0 Å². The lowest BCUT2D eigenvalue weighted by Gasteiger charge is -2.27. The van der Waals surface area contributed by atoms with Crippen LogP contribution in [-0.4, -0.2) is 30.5 Å². The molecule has 0 aromatic heterocycles. The van der Waals surface area contributed by atoms with Crippen LogP contribution in [0.25, 0.3) is 0 Å². The summed E-state index contributed by atoms with van der Waals surface area (Å²) in [5.41, 5.74) is 12.7. The number of hydrogen-bond donors (Lipinski definition) is 0. The van der Waals surface area contributed by atoms with Gasteiger partial charge in [0.2, 0.25) is 5.69 Å². The molecule has 3 aliphatic rings. The van der Waals surface area contributed by atoms with Crippen LogP contribution in [0.3, 0.4) is 0 Å². The lowest BCUT2D eigenvalue weighted by atomic mass is 9.81. The van der Waals surface area contributed by atoms with Crippen LogP contribution in [0.5, 0.6) is 0 Å². The van der Waals surface area contributed by atoms with Crippen LogP contribution >= 0.6 is 11.6 Å². The van der Waals surface area contributed by atoms with Gasteiger partial charge in [-0.15, -0.1) is 0 Å². The highest BCUT2D eigenvalue weighted by atomic mass is 35.5. The molecule has 4 heteroatoms. The summed E-state index contributed by atoms with van der Waals surface area (Å²) in [5.74, 6) is 0. The summed E-state index contributed by atoms with van der Waals surface area (Å²) in [7, 11) is 1.77. The van der Waals surface area contributed by atoms with Crippen molar-refractivity contribution in [3.63, 3.8) is 0 Å². The molecule has 0 radical (unpaired) electrons. The first kappa shape index (κ1) is 31.3. The predicted octanol–water partition coefficient (Wildman–Crippen LogP) is 10.1. The summed E-state index contributed by atoms with van der Waals surface area (Å²) in [6.07, 6.45) is 12.2. The molecule has 3 aromatic carbocycles. The molecule has 0 unspecified atom stereocenters. The number of anilines is 1. The zero-order chi connectivity index (χ0) is 31.8. The third kappa shape index (κ3) is 5.89. The highest BCUT2D eigenvalue weighted by molar-refractivity contribution is 6.32. The van der Waals surface area contributed by atoms with Crippen molar-refractivity contribution in [2.24, 2.45) is 0 Å². The normalized spacial score (nSPS) is 20.6. The first-order valence-corrected chi connectivity index (χ1v) is 16.6. The standard InChI is InChI=1S/C41H46ClN2O/c1-29-18-20-30(21-19-29)28-44-36-17-10-8-15-34(36)41(4,5)38(44)25-23-32-13-11-12-31(39(32)42)22-24-37-40(2,3)33-14-7-9-16-35(33)43(37)26-27-45-6/h7-10,14-25H,11-13,26-28H2,1-6H3/q+1. The van der Waals surface area contributed by atoms with Crippen LogP contribution in [0.2, 0.25) is 0 Å². The summed E-state index contributed by atoms with van der Waals surface area (Å²) in [4.78, 5) is 2.41. The van der Waals surface area contributed by atoms with Crippen LogP contribution in [0.15, 0.2) is 119 Å². The van der Waals surface area contributed by atoms with Gasteiger partial charge in [0.25, 0.3) is 0 Å². The number of methoxy groups -OCH3 is 1. The average molecular weight is 618 g/mol. The van der Waals surface area contributed by atoms with E-state index in [1.54, 1.807) is 7.11 Å². The van der Waals surface area contributed by atoms with Gasteiger partial charge in [0.05, 0.1) is 12.0 Å². The molecule has 45 heavy (non-hydrogen) atoms. The molecule has 3 aromatic rings. The summed E-state index contributed by atoms with van der Waals surface area (Å²) in [6.45, 7) is 13.8. The van der Waals surface area contributed by atoms with Gasteiger partial charge in [-0.2, -0.15) is 4.58 Å². The number of rotatable bonds is 8. The van der Waals surface area contributed by atoms with Gasteiger partial charge in [0.15, 0.2) is 12.3 Å². The first-order valence-electron chi connectivity index (χ1n) is 16.3. The van der Waals surface area contributed by atoms with Gasteiger partial charge in [-0.1, -0.05) is 104 Å². The van der Waals surface area contributed by atoms with E-state index in [0.29, 0.717) is 6.61 Å². The number of allylic oxidation sites excluding steroid dienone is 8. The van der Waals surface area contributed by atoms with Crippen molar-refractivity contribution in [1.29, 1.82) is 0 Å². The van der Waals surface area contributed by atoms with Crippen LogP contribution in [0.1, 0.15) is 69.2 Å². The smallest absolute Gasteiger partial charge is 0.210 e. The van der Waals surface area contributed by atoms with Crippen LogP contribution in [-0.2, 0) is 22.1 Å². The zero-order valence-corrected chi connectivity index (χ0v) is 28.4. The van der Waals surface area contributed by atoms with Crippen molar-refractivity contribution in [2.45, 2.75) is 71.3 Å². The second-order valence-corrected chi connectivity index (χ2v) is 14.0. The quantitative estimate of drug-likeness (QED) is 0.234. The number of para-hydroxylation sites is 2. The van der Waals surface area contributed by atoms with E-state index in [2.05, 4.69) is 141 Å². The first-order chi connectivity index (χ1) is 21.6. The van der Waals surface area contributed by atoms with Crippen LogP contribution < -0.4 is 4.90 Å². The lowest BCUT2D eigenvalue weighted by Crippen LogP contribution is -2.28. The maximum atomic E-state index is 7.22. The summed E-state index contributed by atoms with van der Waals surface area (Å²) < 4.78 is 7.97.